The van der Waals surface area contributed by atoms with Gasteiger partial charge in [-0.25, -0.2) is 9.78 Å². The van der Waals surface area contributed by atoms with E-state index in [2.05, 4.69) is 4.98 Å². The van der Waals surface area contributed by atoms with Crippen molar-refractivity contribution in [1.29, 1.82) is 0 Å². The van der Waals surface area contributed by atoms with E-state index in [0.717, 1.165) is 0 Å². The highest BCUT2D eigenvalue weighted by molar-refractivity contribution is 5.88. The van der Waals surface area contributed by atoms with Crippen molar-refractivity contribution in [2.45, 2.75) is 13.8 Å². The van der Waals surface area contributed by atoms with Gasteiger partial charge in [-0.05, 0) is 26.0 Å². The first-order chi connectivity index (χ1) is 10.1. The fourth-order valence-corrected chi connectivity index (χ4v) is 1.95. The highest BCUT2D eigenvalue weighted by Gasteiger charge is 2.23. The van der Waals surface area contributed by atoms with Gasteiger partial charge in [-0.1, -0.05) is 6.07 Å². The maximum atomic E-state index is 11.8. The first-order valence-corrected chi connectivity index (χ1v) is 6.48. The number of carbonyl (C=O) groups is 1. The zero-order valence-electron chi connectivity index (χ0n) is 12.4. The van der Waals surface area contributed by atoms with Crippen molar-refractivity contribution >= 4 is 5.97 Å². The second kappa shape index (κ2) is 6.30. The van der Waals surface area contributed by atoms with Crippen LogP contribution in [0.25, 0.3) is 11.5 Å². The van der Waals surface area contributed by atoms with E-state index in [0.29, 0.717) is 22.8 Å². The number of hydrogen-bond donors (Lipinski definition) is 0. The van der Waals surface area contributed by atoms with Gasteiger partial charge in [0.05, 0.1) is 26.5 Å². The Kier molecular flexibility index (Phi) is 4.47. The molecule has 1 aromatic heterocycles. The first kappa shape index (κ1) is 14.9. The molecule has 0 bridgehead atoms. The lowest BCUT2D eigenvalue weighted by Crippen LogP contribution is -2.04. The Hall–Kier alpha value is -2.50. The van der Waals surface area contributed by atoms with Crippen molar-refractivity contribution < 1.29 is 23.4 Å². The van der Waals surface area contributed by atoms with Crippen LogP contribution in [0.4, 0.5) is 0 Å². The van der Waals surface area contributed by atoms with Gasteiger partial charge in [-0.15, -0.1) is 0 Å². The fraction of sp³-hybridized carbons (Fsp3) is 0.333. The van der Waals surface area contributed by atoms with E-state index < -0.39 is 5.97 Å². The normalized spacial score (nSPS) is 10.3. The third kappa shape index (κ3) is 2.84. The van der Waals surface area contributed by atoms with E-state index in [1.54, 1.807) is 46.3 Å². The minimum atomic E-state index is -0.539. The monoisotopic (exact) mass is 291 g/mol. The standard InChI is InChI=1S/C15H17NO5/c1-5-20-15(17)13-9(2)16-14(21-13)12-10(18-3)7-6-8-11(12)19-4/h6-8H,5H2,1-4H3. The summed E-state index contributed by atoms with van der Waals surface area (Å²) in [5.74, 6) is 0.893. The number of carbonyl (C=O) groups excluding carboxylic acids is 1. The summed E-state index contributed by atoms with van der Waals surface area (Å²) in [5, 5.41) is 0. The number of aromatic nitrogens is 1. The van der Waals surface area contributed by atoms with Gasteiger partial charge in [-0.2, -0.15) is 0 Å². The topological polar surface area (TPSA) is 70.8 Å². The molecule has 0 aliphatic heterocycles. The van der Waals surface area contributed by atoms with E-state index in [-0.39, 0.29) is 18.3 Å². The Morgan fingerprint density at radius 2 is 1.86 bits per heavy atom. The maximum Gasteiger partial charge on any atom is 0.376 e. The quantitative estimate of drug-likeness (QED) is 0.789. The minimum absolute atomic E-state index is 0.0832. The molecule has 2 aromatic rings. The van der Waals surface area contributed by atoms with Crippen molar-refractivity contribution in [3.63, 3.8) is 0 Å². The van der Waals surface area contributed by atoms with Gasteiger partial charge in [0.1, 0.15) is 17.1 Å². The summed E-state index contributed by atoms with van der Waals surface area (Å²) >= 11 is 0. The summed E-state index contributed by atoms with van der Waals surface area (Å²) in [6.45, 7) is 3.68. The van der Waals surface area contributed by atoms with Gasteiger partial charge in [-0.3, -0.25) is 0 Å². The van der Waals surface area contributed by atoms with Crippen LogP contribution in [-0.2, 0) is 4.74 Å². The second-order valence-corrected chi connectivity index (χ2v) is 4.19. The van der Waals surface area contributed by atoms with E-state index in [1.807, 2.05) is 0 Å². The van der Waals surface area contributed by atoms with E-state index in [4.69, 9.17) is 18.6 Å². The van der Waals surface area contributed by atoms with Crippen LogP contribution in [0.3, 0.4) is 0 Å². The number of nitrogens with zero attached hydrogens (tertiary/aromatic N) is 1. The molecule has 0 radical (unpaired) electrons. The molecule has 1 heterocycles. The van der Waals surface area contributed by atoms with Gasteiger partial charge >= 0.3 is 5.97 Å². The van der Waals surface area contributed by atoms with Crippen molar-refractivity contribution in [2.24, 2.45) is 0 Å². The van der Waals surface area contributed by atoms with Crippen LogP contribution in [0, 0.1) is 6.92 Å². The molecule has 0 fully saturated rings. The van der Waals surface area contributed by atoms with Crippen molar-refractivity contribution in [2.75, 3.05) is 20.8 Å². The molecule has 0 N–H and O–H groups in total. The van der Waals surface area contributed by atoms with Crippen LogP contribution < -0.4 is 9.47 Å². The average Bonchev–Trinajstić information content (AvgIpc) is 2.88. The lowest BCUT2D eigenvalue weighted by molar-refractivity contribution is 0.0490. The number of ether oxygens (including phenoxy) is 3. The van der Waals surface area contributed by atoms with E-state index >= 15 is 0 Å². The third-order valence-corrected chi connectivity index (χ3v) is 2.90. The summed E-state index contributed by atoms with van der Waals surface area (Å²) in [5.41, 5.74) is 1.01. The summed E-state index contributed by atoms with van der Waals surface area (Å²) in [6.07, 6.45) is 0. The number of aryl methyl sites for hydroxylation is 1. The average molecular weight is 291 g/mol. The first-order valence-electron chi connectivity index (χ1n) is 6.48. The summed E-state index contributed by atoms with van der Waals surface area (Å²) in [6, 6.07) is 5.33. The number of oxazole rings is 1. The Balaban J connectivity index is 2.53. The molecule has 0 aliphatic carbocycles. The van der Waals surface area contributed by atoms with Gasteiger partial charge in [0.15, 0.2) is 0 Å². The molecular weight excluding hydrogens is 274 g/mol. The van der Waals surface area contributed by atoms with Crippen LogP contribution in [0.2, 0.25) is 0 Å². The van der Waals surface area contributed by atoms with Crippen LogP contribution in [0.5, 0.6) is 11.5 Å². The van der Waals surface area contributed by atoms with Crippen LogP contribution >= 0.6 is 0 Å². The molecule has 0 aliphatic rings. The molecule has 0 saturated carbocycles. The van der Waals surface area contributed by atoms with Crippen LogP contribution in [0.15, 0.2) is 22.6 Å². The number of hydrogen-bond acceptors (Lipinski definition) is 6. The van der Waals surface area contributed by atoms with Gasteiger partial charge in [0.2, 0.25) is 11.7 Å². The van der Waals surface area contributed by atoms with E-state index in [9.17, 15) is 4.79 Å². The fourth-order valence-electron chi connectivity index (χ4n) is 1.95. The Morgan fingerprint density at radius 1 is 1.24 bits per heavy atom. The Morgan fingerprint density at radius 3 is 2.38 bits per heavy atom. The van der Waals surface area contributed by atoms with Gasteiger partial charge in [0, 0.05) is 0 Å². The smallest absolute Gasteiger partial charge is 0.376 e. The molecule has 6 nitrogen and oxygen atoms in total. The molecule has 0 saturated heterocycles. The lowest BCUT2D eigenvalue weighted by Gasteiger charge is -2.09. The predicted octanol–water partition coefficient (Wildman–Crippen LogP) is 2.84. The Bertz CT molecular complexity index is 625. The highest BCUT2D eigenvalue weighted by atomic mass is 16.5. The number of rotatable bonds is 5. The van der Waals surface area contributed by atoms with E-state index in [1.165, 1.54) is 0 Å². The highest BCUT2D eigenvalue weighted by Crippen LogP contribution is 2.38. The van der Waals surface area contributed by atoms with Crippen molar-refractivity contribution in [3.05, 3.63) is 29.7 Å². The second-order valence-electron chi connectivity index (χ2n) is 4.19. The molecule has 6 heteroatoms. The molecule has 21 heavy (non-hydrogen) atoms. The summed E-state index contributed by atoms with van der Waals surface area (Å²) < 4.78 is 21.1. The summed E-state index contributed by atoms with van der Waals surface area (Å²) in [4.78, 5) is 16.1. The van der Waals surface area contributed by atoms with Gasteiger partial charge < -0.3 is 18.6 Å². The molecule has 0 amide bonds. The zero-order chi connectivity index (χ0) is 15.4. The van der Waals surface area contributed by atoms with Crippen LogP contribution in [-0.4, -0.2) is 31.8 Å². The predicted molar refractivity (Wildman–Crippen MR) is 75.7 cm³/mol. The van der Waals surface area contributed by atoms with Gasteiger partial charge in [0.25, 0.3) is 0 Å². The summed E-state index contributed by atoms with van der Waals surface area (Å²) in [7, 11) is 3.08. The SMILES string of the molecule is CCOC(=O)c1oc(-c2c(OC)cccc2OC)nc1C. The zero-order valence-corrected chi connectivity index (χ0v) is 12.4. The molecule has 0 atom stereocenters. The lowest BCUT2D eigenvalue weighted by atomic mass is 10.1. The molecular formula is C15H17NO5. The molecule has 1 aromatic carbocycles. The molecule has 0 spiro atoms. The maximum absolute atomic E-state index is 11.8. The number of methoxy groups -OCH3 is 2. The molecule has 2 rings (SSSR count). The molecule has 0 unspecified atom stereocenters. The van der Waals surface area contributed by atoms with Crippen molar-refractivity contribution in [1.82, 2.24) is 4.98 Å². The number of benzene rings is 1. The largest absolute Gasteiger partial charge is 0.496 e. The number of esters is 1. The molecule has 112 valence electrons. The van der Waals surface area contributed by atoms with Crippen molar-refractivity contribution in [3.8, 4) is 23.0 Å². The van der Waals surface area contributed by atoms with Crippen LogP contribution in [0.1, 0.15) is 23.2 Å². The minimum Gasteiger partial charge on any atom is -0.496 e. The Labute approximate surface area is 122 Å². The third-order valence-electron chi connectivity index (χ3n) is 2.90.